The molecule has 70 valence electrons. The molecule has 0 spiro atoms. The second-order valence-electron chi connectivity index (χ2n) is 2.45. The molecule has 1 aliphatic heterocycles. The Hall–Kier alpha value is -0.820. The van der Waals surface area contributed by atoms with Crippen LogP contribution in [0, 0.1) is 0 Å². The van der Waals surface area contributed by atoms with Crippen LogP contribution < -0.4 is 15.8 Å². The summed E-state index contributed by atoms with van der Waals surface area (Å²) in [6, 6.07) is 0. The van der Waals surface area contributed by atoms with Gasteiger partial charge in [-0.1, -0.05) is 0 Å². The number of aliphatic imine (C=N–C) groups is 1. The fourth-order valence-corrected chi connectivity index (χ4v) is 1.21. The third-order valence-corrected chi connectivity index (χ3v) is 2.13. The van der Waals surface area contributed by atoms with E-state index in [9.17, 15) is 8.42 Å². The lowest BCUT2D eigenvalue weighted by Crippen LogP contribution is -2.37. The summed E-state index contributed by atoms with van der Waals surface area (Å²) in [4.78, 5) is 4.01. The Kier molecular flexibility index (Phi) is 2.88. The number of rotatable bonds is 3. The highest BCUT2D eigenvalue weighted by atomic mass is 32.2. The first-order valence-electron chi connectivity index (χ1n) is 3.60. The van der Waals surface area contributed by atoms with Gasteiger partial charge < -0.3 is 10.6 Å². The molecule has 12 heavy (non-hydrogen) atoms. The lowest BCUT2D eigenvalue weighted by molar-refractivity contribution is 0.596. The molecule has 1 rings (SSSR count). The van der Waals surface area contributed by atoms with Crippen molar-refractivity contribution in [2.45, 2.75) is 0 Å². The number of hydrogen-bond acceptors (Lipinski definition) is 5. The number of guanidine groups is 1. The van der Waals surface area contributed by atoms with Crippen LogP contribution in [0.1, 0.15) is 0 Å². The molecule has 4 N–H and O–H groups in total. The van der Waals surface area contributed by atoms with Gasteiger partial charge in [0.25, 0.3) is 0 Å². The molecule has 0 amide bonds. The normalized spacial score (nSPS) is 16.9. The van der Waals surface area contributed by atoms with Crippen molar-refractivity contribution in [3.05, 3.63) is 0 Å². The largest absolute Gasteiger partial charge is 0.355 e. The number of nitrogens with two attached hydrogens (primary N) is 1. The summed E-state index contributed by atoms with van der Waals surface area (Å²) in [5.41, 5.74) is 0. The Morgan fingerprint density at radius 1 is 1.67 bits per heavy atom. The van der Waals surface area contributed by atoms with Gasteiger partial charge in [-0.15, -0.1) is 0 Å². The lowest BCUT2D eigenvalue weighted by Gasteiger charge is -2.04. The van der Waals surface area contributed by atoms with E-state index in [-0.39, 0.29) is 5.75 Å². The Morgan fingerprint density at radius 2 is 2.42 bits per heavy atom. The van der Waals surface area contributed by atoms with Crippen molar-refractivity contribution in [3.8, 4) is 0 Å². The highest BCUT2D eigenvalue weighted by molar-refractivity contribution is 7.89. The average Bonchev–Trinajstić information content (AvgIpc) is 2.36. The van der Waals surface area contributed by atoms with Crippen molar-refractivity contribution in [1.82, 2.24) is 10.6 Å². The van der Waals surface area contributed by atoms with Gasteiger partial charge in [0.05, 0.1) is 12.3 Å². The van der Waals surface area contributed by atoms with Gasteiger partial charge in [-0.05, 0) is 0 Å². The predicted octanol–water partition coefficient (Wildman–Crippen LogP) is -2.18. The molecule has 0 unspecified atom stereocenters. The molecule has 0 fully saturated rings. The Morgan fingerprint density at radius 3 is 2.92 bits per heavy atom. The zero-order valence-electron chi connectivity index (χ0n) is 6.58. The van der Waals surface area contributed by atoms with Gasteiger partial charge >= 0.3 is 0 Å². The summed E-state index contributed by atoms with van der Waals surface area (Å²) in [7, 11) is -3.36. The van der Waals surface area contributed by atoms with Crippen molar-refractivity contribution >= 4 is 16.0 Å². The smallest absolute Gasteiger partial charge is 0.210 e. The number of hydrogen-bond donors (Lipinski definition) is 3. The first-order valence-corrected chi connectivity index (χ1v) is 5.32. The minimum absolute atomic E-state index is 0.0757. The molecule has 0 bridgehead atoms. The first kappa shape index (κ1) is 9.27. The van der Waals surface area contributed by atoms with Crippen LogP contribution in [-0.2, 0) is 10.0 Å². The molecule has 0 aromatic carbocycles. The Labute approximate surface area is 71.3 Å². The van der Waals surface area contributed by atoms with Gasteiger partial charge in [-0.2, -0.15) is 0 Å². The number of nitrogens with one attached hydrogen (secondary N) is 2. The van der Waals surface area contributed by atoms with Crippen LogP contribution in [0.3, 0.4) is 0 Å². The molecular formula is C5H12N4O2S. The standard InChI is InChI=1S/C5H12N4O2S/c6-12(10,11)4-3-9-5-7-1-2-8-5/h1-4H2,(H2,6,10,11)(H2,7,8,9). The number of sulfonamides is 1. The van der Waals surface area contributed by atoms with E-state index in [1.165, 1.54) is 0 Å². The minimum Gasteiger partial charge on any atom is -0.355 e. The van der Waals surface area contributed by atoms with E-state index >= 15 is 0 Å². The topological polar surface area (TPSA) is 96.6 Å². The monoisotopic (exact) mass is 192 g/mol. The summed E-state index contributed by atoms with van der Waals surface area (Å²) in [6.45, 7) is 1.83. The van der Waals surface area contributed by atoms with E-state index in [1.807, 2.05) is 0 Å². The number of nitrogens with zero attached hydrogens (tertiary/aromatic N) is 1. The number of primary sulfonamides is 1. The van der Waals surface area contributed by atoms with Crippen LogP contribution in [0.25, 0.3) is 0 Å². The molecule has 0 aliphatic carbocycles. The molecular weight excluding hydrogens is 180 g/mol. The molecule has 6 nitrogen and oxygen atoms in total. The van der Waals surface area contributed by atoms with Gasteiger partial charge in [0.15, 0.2) is 5.96 Å². The van der Waals surface area contributed by atoms with Gasteiger partial charge in [-0.25, -0.2) is 13.6 Å². The molecule has 7 heteroatoms. The van der Waals surface area contributed by atoms with E-state index in [0.717, 1.165) is 13.1 Å². The Balaban J connectivity index is 2.18. The van der Waals surface area contributed by atoms with Crippen LogP contribution in [0.15, 0.2) is 4.99 Å². The molecule has 0 atom stereocenters. The van der Waals surface area contributed by atoms with Crippen LogP contribution in [0.2, 0.25) is 0 Å². The van der Waals surface area contributed by atoms with Crippen LogP contribution in [-0.4, -0.2) is 39.8 Å². The van der Waals surface area contributed by atoms with Gasteiger partial charge in [0.2, 0.25) is 10.0 Å². The van der Waals surface area contributed by atoms with Crippen LogP contribution >= 0.6 is 0 Å². The van der Waals surface area contributed by atoms with Crippen molar-refractivity contribution in [1.29, 1.82) is 0 Å². The van der Waals surface area contributed by atoms with Crippen molar-refractivity contribution in [2.75, 3.05) is 25.4 Å². The highest BCUT2D eigenvalue weighted by Gasteiger charge is 2.05. The summed E-state index contributed by atoms with van der Waals surface area (Å²) in [6.07, 6.45) is 0. The second kappa shape index (κ2) is 3.72. The molecule has 0 aromatic rings. The van der Waals surface area contributed by atoms with Crippen LogP contribution in [0.5, 0.6) is 0 Å². The second-order valence-corrected chi connectivity index (χ2v) is 4.18. The van der Waals surface area contributed by atoms with E-state index in [2.05, 4.69) is 15.6 Å². The molecule has 0 aromatic heterocycles. The highest BCUT2D eigenvalue weighted by Crippen LogP contribution is 1.81. The van der Waals surface area contributed by atoms with Gasteiger partial charge in [0, 0.05) is 13.1 Å². The fraction of sp³-hybridized carbons (Fsp3) is 0.800. The summed E-state index contributed by atoms with van der Waals surface area (Å²) >= 11 is 0. The molecule has 0 saturated carbocycles. The van der Waals surface area contributed by atoms with E-state index in [0.29, 0.717) is 12.5 Å². The van der Waals surface area contributed by atoms with Gasteiger partial charge in [0.1, 0.15) is 0 Å². The lowest BCUT2D eigenvalue weighted by atomic mass is 10.7. The Bertz CT molecular complexity index is 271. The quantitative estimate of drug-likeness (QED) is 0.474. The third kappa shape index (κ3) is 3.54. The maximum Gasteiger partial charge on any atom is 0.210 e. The van der Waals surface area contributed by atoms with Crippen molar-refractivity contribution < 1.29 is 8.42 Å². The first-order chi connectivity index (χ1) is 5.58. The molecule has 1 heterocycles. The maximum atomic E-state index is 10.5. The third-order valence-electron chi connectivity index (χ3n) is 1.35. The zero-order chi connectivity index (χ0) is 9.03. The summed E-state index contributed by atoms with van der Waals surface area (Å²) in [5, 5.41) is 10.6. The average molecular weight is 192 g/mol. The maximum absolute atomic E-state index is 10.5. The van der Waals surface area contributed by atoms with Crippen LogP contribution in [0.4, 0.5) is 0 Å². The SMILES string of the molecule is NS(=O)(=O)CCNC1=NCCN1. The zero-order valence-corrected chi connectivity index (χ0v) is 7.39. The molecule has 1 aliphatic rings. The van der Waals surface area contributed by atoms with Gasteiger partial charge in [-0.3, -0.25) is 4.99 Å². The fourth-order valence-electron chi connectivity index (χ4n) is 0.828. The minimum atomic E-state index is -3.36. The van der Waals surface area contributed by atoms with E-state index in [1.54, 1.807) is 0 Å². The summed E-state index contributed by atoms with van der Waals surface area (Å²) in [5.74, 6) is 0.576. The van der Waals surface area contributed by atoms with E-state index in [4.69, 9.17) is 5.14 Å². The predicted molar refractivity (Wildman–Crippen MR) is 46.3 cm³/mol. The molecule has 0 saturated heterocycles. The molecule has 0 radical (unpaired) electrons. The van der Waals surface area contributed by atoms with Crippen molar-refractivity contribution in [2.24, 2.45) is 10.1 Å². The van der Waals surface area contributed by atoms with E-state index < -0.39 is 10.0 Å². The van der Waals surface area contributed by atoms with Crippen molar-refractivity contribution in [3.63, 3.8) is 0 Å². The summed E-state index contributed by atoms with van der Waals surface area (Å²) < 4.78 is 21.0.